The van der Waals surface area contributed by atoms with E-state index in [1.165, 1.54) is 6.07 Å². The molecule has 1 aromatic rings. The molecule has 21 heavy (non-hydrogen) atoms. The molecule has 0 aromatic heterocycles. The molecule has 116 valence electrons. The number of ether oxygens (including phenoxy) is 1. The van der Waals surface area contributed by atoms with Crippen molar-refractivity contribution >= 4 is 5.97 Å². The first-order valence-electron chi connectivity index (χ1n) is 6.81. The lowest BCUT2D eigenvalue weighted by Crippen LogP contribution is -2.14. The minimum atomic E-state index is -4.58. The van der Waals surface area contributed by atoms with E-state index in [0.717, 1.165) is 12.8 Å². The lowest BCUT2D eigenvalue weighted by atomic mass is 9.94. The highest BCUT2D eigenvalue weighted by atomic mass is 19.4. The summed E-state index contributed by atoms with van der Waals surface area (Å²) in [5, 5.41) is 9.12. The van der Waals surface area contributed by atoms with Crippen LogP contribution in [0.25, 0.3) is 0 Å². The molecule has 6 heteroatoms. The van der Waals surface area contributed by atoms with Gasteiger partial charge in [0.1, 0.15) is 11.3 Å². The van der Waals surface area contributed by atoms with E-state index in [4.69, 9.17) is 9.84 Å². The molecule has 3 nitrogen and oxygen atoms in total. The molecule has 1 aromatic carbocycles. The van der Waals surface area contributed by atoms with E-state index >= 15 is 0 Å². The predicted molar refractivity (Wildman–Crippen MR) is 70.7 cm³/mol. The second-order valence-corrected chi connectivity index (χ2v) is 5.65. The van der Waals surface area contributed by atoms with Crippen molar-refractivity contribution in [1.82, 2.24) is 0 Å². The zero-order chi connectivity index (χ0) is 15.8. The number of alkyl halides is 3. The summed E-state index contributed by atoms with van der Waals surface area (Å²) in [5.74, 6) is -1.39. The second kappa shape index (κ2) is 5.58. The van der Waals surface area contributed by atoms with Crippen molar-refractivity contribution in [2.24, 2.45) is 5.92 Å². The van der Waals surface area contributed by atoms with Crippen LogP contribution in [0.2, 0.25) is 0 Å². The number of hydrogen-bond acceptors (Lipinski definition) is 2. The quantitative estimate of drug-likeness (QED) is 0.881. The van der Waals surface area contributed by atoms with Crippen LogP contribution in [0, 0.1) is 5.92 Å². The Hall–Kier alpha value is -1.72. The van der Waals surface area contributed by atoms with Crippen LogP contribution in [0.1, 0.15) is 54.1 Å². The maximum absolute atomic E-state index is 13.1. The largest absolute Gasteiger partial charge is 0.492 e. The summed E-state index contributed by atoms with van der Waals surface area (Å²) < 4.78 is 44.7. The summed E-state index contributed by atoms with van der Waals surface area (Å²) in [6.07, 6.45) is -2.56. The van der Waals surface area contributed by atoms with Gasteiger partial charge in [0.15, 0.2) is 0 Å². The molecule has 0 saturated heterocycles. The van der Waals surface area contributed by atoms with E-state index in [-0.39, 0.29) is 17.2 Å². The number of halogens is 3. The van der Waals surface area contributed by atoms with Crippen LogP contribution in [0.3, 0.4) is 0 Å². The topological polar surface area (TPSA) is 46.5 Å². The molecule has 0 amide bonds. The molecule has 0 unspecified atom stereocenters. The van der Waals surface area contributed by atoms with Crippen molar-refractivity contribution in [2.45, 2.75) is 38.8 Å². The van der Waals surface area contributed by atoms with Crippen molar-refractivity contribution in [3.63, 3.8) is 0 Å². The number of carboxylic acids is 1. The molecule has 0 bridgehead atoms. The molecule has 0 heterocycles. The Labute approximate surface area is 120 Å². The Morgan fingerprint density at radius 3 is 2.43 bits per heavy atom. The van der Waals surface area contributed by atoms with Gasteiger partial charge >= 0.3 is 12.1 Å². The van der Waals surface area contributed by atoms with E-state index in [1.54, 1.807) is 13.8 Å². The first-order chi connectivity index (χ1) is 9.70. The van der Waals surface area contributed by atoms with Gasteiger partial charge in [0.2, 0.25) is 0 Å². The summed E-state index contributed by atoms with van der Waals surface area (Å²) in [7, 11) is 0. The Kier molecular flexibility index (Phi) is 4.16. The predicted octanol–water partition coefficient (Wildman–Crippen LogP) is 4.32. The highest BCUT2D eigenvalue weighted by Crippen LogP contribution is 2.39. The fraction of sp³-hybridized carbons (Fsp3) is 0.533. The van der Waals surface area contributed by atoms with E-state index in [1.807, 2.05) is 0 Å². The Bertz CT molecular complexity index is 546. The average molecular weight is 302 g/mol. The van der Waals surface area contributed by atoms with Crippen LogP contribution in [-0.4, -0.2) is 17.7 Å². The third-order valence-electron chi connectivity index (χ3n) is 3.48. The molecule has 1 aliphatic carbocycles. The van der Waals surface area contributed by atoms with E-state index in [0.29, 0.717) is 18.6 Å². The number of hydrogen-bond donors (Lipinski definition) is 1. The number of rotatable bonds is 5. The van der Waals surface area contributed by atoms with Gasteiger partial charge in [0, 0.05) is 0 Å². The third-order valence-corrected chi connectivity index (χ3v) is 3.48. The van der Waals surface area contributed by atoms with Gasteiger partial charge in [0.25, 0.3) is 0 Å². The molecule has 2 rings (SSSR count). The van der Waals surface area contributed by atoms with Crippen molar-refractivity contribution in [3.8, 4) is 5.75 Å². The zero-order valence-corrected chi connectivity index (χ0v) is 11.8. The van der Waals surface area contributed by atoms with Crippen LogP contribution < -0.4 is 4.74 Å². The molecule has 1 saturated carbocycles. The summed E-state index contributed by atoms with van der Waals surface area (Å²) >= 11 is 0. The number of aromatic carboxylic acids is 1. The first-order valence-corrected chi connectivity index (χ1v) is 6.81. The molecule has 1 fully saturated rings. The molecule has 0 spiro atoms. The first kappa shape index (κ1) is 15.7. The van der Waals surface area contributed by atoms with Gasteiger partial charge in [-0.15, -0.1) is 0 Å². The molecule has 1 aliphatic rings. The van der Waals surface area contributed by atoms with Crippen molar-refractivity contribution in [3.05, 3.63) is 28.8 Å². The lowest BCUT2D eigenvalue weighted by Gasteiger charge is -2.19. The highest BCUT2D eigenvalue weighted by molar-refractivity contribution is 5.91. The van der Waals surface area contributed by atoms with Crippen LogP contribution in [-0.2, 0) is 6.18 Å². The molecule has 0 atom stereocenters. The minimum Gasteiger partial charge on any atom is -0.492 e. The van der Waals surface area contributed by atoms with Gasteiger partial charge in [0.05, 0.1) is 12.2 Å². The highest BCUT2D eigenvalue weighted by Gasteiger charge is 2.36. The number of carboxylic acid groups (broad SMARTS) is 1. The molecular weight excluding hydrogens is 285 g/mol. The van der Waals surface area contributed by atoms with E-state index in [9.17, 15) is 18.0 Å². The summed E-state index contributed by atoms with van der Waals surface area (Å²) in [4.78, 5) is 11.2. The normalized spacial score (nSPS) is 15.3. The second-order valence-electron chi connectivity index (χ2n) is 5.65. The maximum atomic E-state index is 13.1. The lowest BCUT2D eigenvalue weighted by molar-refractivity contribution is -0.138. The monoisotopic (exact) mass is 302 g/mol. The Balaban J connectivity index is 2.47. The maximum Gasteiger partial charge on any atom is 0.416 e. The van der Waals surface area contributed by atoms with E-state index in [2.05, 4.69) is 0 Å². The van der Waals surface area contributed by atoms with Gasteiger partial charge in [-0.05, 0) is 42.4 Å². The van der Waals surface area contributed by atoms with Crippen molar-refractivity contribution < 1.29 is 27.8 Å². The molecule has 1 N–H and O–H groups in total. The van der Waals surface area contributed by atoms with Gasteiger partial charge in [-0.3, -0.25) is 0 Å². The van der Waals surface area contributed by atoms with Crippen LogP contribution in [0.5, 0.6) is 5.75 Å². The standard InChI is InChI=1S/C15H17F3O3/c1-8(2)10-6-13(21-7-9-3-4-9)11(14(19)20)5-12(10)15(16,17)18/h5-6,8-9H,3-4,7H2,1-2H3,(H,19,20). The average Bonchev–Trinajstić information content (AvgIpc) is 3.17. The number of carbonyl (C=O) groups is 1. The molecule has 0 radical (unpaired) electrons. The van der Waals surface area contributed by atoms with Crippen LogP contribution >= 0.6 is 0 Å². The minimum absolute atomic E-state index is 0.0195. The number of benzene rings is 1. The summed E-state index contributed by atoms with van der Waals surface area (Å²) in [6.45, 7) is 3.62. The summed E-state index contributed by atoms with van der Waals surface area (Å²) in [6, 6.07) is 1.90. The van der Waals surface area contributed by atoms with Crippen molar-refractivity contribution in [1.29, 1.82) is 0 Å². The van der Waals surface area contributed by atoms with Gasteiger partial charge in [-0.2, -0.15) is 13.2 Å². The van der Waals surface area contributed by atoms with Crippen LogP contribution in [0.4, 0.5) is 13.2 Å². The third kappa shape index (κ3) is 3.68. The molecular formula is C15H17F3O3. The van der Waals surface area contributed by atoms with Crippen molar-refractivity contribution in [2.75, 3.05) is 6.61 Å². The Morgan fingerprint density at radius 1 is 1.38 bits per heavy atom. The summed E-state index contributed by atoms with van der Waals surface area (Å²) in [5.41, 5.74) is -1.29. The van der Waals surface area contributed by atoms with E-state index < -0.39 is 23.3 Å². The van der Waals surface area contributed by atoms with Gasteiger partial charge < -0.3 is 9.84 Å². The molecule has 0 aliphatic heterocycles. The fourth-order valence-corrected chi connectivity index (χ4v) is 2.10. The SMILES string of the molecule is CC(C)c1cc(OCC2CC2)c(C(=O)O)cc1C(F)(F)F. The van der Waals surface area contributed by atoms with Gasteiger partial charge in [-0.1, -0.05) is 13.8 Å². The smallest absolute Gasteiger partial charge is 0.416 e. The fourth-order valence-electron chi connectivity index (χ4n) is 2.10. The van der Waals surface area contributed by atoms with Crippen LogP contribution in [0.15, 0.2) is 12.1 Å². The van der Waals surface area contributed by atoms with Gasteiger partial charge in [-0.25, -0.2) is 4.79 Å². The Morgan fingerprint density at radius 2 is 2.00 bits per heavy atom. The zero-order valence-electron chi connectivity index (χ0n) is 11.8.